The van der Waals surface area contributed by atoms with Crippen LogP contribution in [0.15, 0.2) is 59.6 Å². The van der Waals surface area contributed by atoms with Gasteiger partial charge in [0.15, 0.2) is 0 Å². The minimum absolute atomic E-state index is 0.0630. The van der Waals surface area contributed by atoms with Gasteiger partial charge in [0.25, 0.3) is 10.0 Å². The van der Waals surface area contributed by atoms with Gasteiger partial charge in [-0.25, -0.2) is 12.4 Å². The molecule has 0 aliphatic carbocycles. The van der Waals surface area contributed by atoms with E-state index in [1.807, 2.05) is 6.92 Å². The van der Waals surface area contributed by atoms with Gasteiger partial charge in [-0.05, 0) is 48.4 Å². The molecule has 0 radical (unpaired) electrons. The molecule has 3 aromatic rings. The number of carbonyl (C=O) groups excluding carboxylic acids is 1. The zero-order valence-electron chi connectivity index (χ0n) is 12.4. The van der Waals surface area contributed by atoms with Crippen LogP contribution < -0.4 is 0 Å². The summed E-state index contributed by atoms with van der Waals surface area (Å²) in [4.78, 5) is 11.4. The fourth-order valence-electron chi connectivity index (χ4n) is 2.54. The molecule has 118 valence electrons. The van der Waals surface area contributed by atoms with Gasteiger partial charge in [0.05, 0.1) is 10.4 Å². The van der Waals surface area contributed by atoms with Crippen LogP contribution >= 0.6 is 11.6 Å². The Morgan fingerprint density at radius 2 is 1.78 bits per heavy atom. The van der Waals surface area contributed by atoms with Crippen molar-refractivity contribution in [2.75, 3.05) is 0 Å². The number of aryl methyl sites for hydroxylation is 1. The molecule has 0 amide bonds. The molecule has 23 heavy (non-hydrogen) atoms. The van der Waals surface area contributed by atoms with Crippen LogP contribution in [0.25, 0.3) is 10.9 Å². The zero-order valence-corrected chi connectivity index (χ0v) is 13.9. The van der Waals surface area contributed by atoms with Gasteiger partial charge in [0, 0.05) is 18.0 Å². The highest BCUT2D eigenvalue weighted by atomic mass is 35.5. The summed E-state index contributed by atoms with van der Waals surface area (Å²) in [5, 5.41) is 0.226. The molecule has 0 saturated heterocycles. The highest BCUT2D eigenvalue weighted by Gasteiger charge is 2.19. The topological polar surface area (TPSA) is 56.1 Å². The molecule has 2 aromatic carbocycles. The van der Waals surface area contributed by atoms with Gasteiger partial charge in [-0.3, -0.25) is 4.79 Å². The van der Waals surface area contributed by atoms with E-state index in [4.69, 9.17) is 11.6 Å². The Morgan fingerprint density at radius 1 is 1.09 bits per heavy atom. The summed E-state index contributed by atoms with van der Waals surface area (Å²) in [6.07, 6.45) is 1.57. The van der Waals surface area contributed by atoms with Crippen molar-refractivity contribution in [2.45, 2.75) is 18.2 Å². The maximum atomic E-state index is 12.8. The lowest BCUT2D eigenvalue weighted by Gasteiger charge is -2.08. The number of nitrogens with zero attached hydrogens (tertiary/aromatic N) is 1. The maximum Gasteiger partial charge on any atom is 0.268 e. The average Bonchev–Trinajstić information content (AvgIpc) is 2.93. The summed E-state index contributed by atoms with van der Waals surface area (Å²) in [6.45, 7) is 1.90. The summed E-state index contributed by atoms with van der Waals surface area (Å²) < 4.78 is 26.9. The van der Waals surface area contributed by atoms with Crippen molar-refractivity contribution in [1.82, 2.24) is 3.97 Å². The number of fused-ring (bicyclic) bond motifs is 1. The Labute approximate surface area is 139 Å². The largest absolute Gasteiger partial charge is 0.281 e. The van der Waals surface area contributed by atoms with Crippen molar-refractivity contribution in [1.29, 1.82) is 0 Å². The van der Waals surface area contributed by atoms with Crippen LogP contribution in [0.3, 0.4) is 0 Å². The highest BCUT2D eigenvalue weighted by Crippen LogP contribution is 2.25. The fraction of sp³-hybridized carbons (Fsp3) is 0.118. The summed E-state index contributed by atoms with van der Waals surface area (Å²) in [5.41, 5.74) is 2.23. The molecule has 1 aromatic heterocycles. The molecule has 1 heterocycles. The lowest BCUT2D eigenvalue weighted by atomic mass is 10.1. The van der Waals surface area contributed by atoms with E-state index >= 15 is 0 Å². The van der Waals surface area contributed by atoms with Crippen LogP contribution in [0.5, 0.6) is 0 Å². The molecule has 3 rings (SSSR count). The molecule has 0 spiro atoms. The fourth-order valence-corrected chi connectivity index (χ4v) is 4.03. The SMILES string of the molecule is Cc1ccc(S(=O)(=O)n2ccc3c(CC(=O)Cl)cccc32)cc1. The summed E-state index contributed by atoms with van der Waals surface area (Å²) >= 11 is 5.46. The lowest BCUT2D eigenvalue weighted by molar-refractivity contribution is -0.111. The van der Waals surface area contributed by atoms with Crippen molar-refractivity contribution in [2.24, 2.45) is 0 Å². The summed E-state index contributed by atoms with van der Waals surface area (Å²) in [6, 6.07) is 13.6. The third-order valence-electron chi connectivity index (χ3n) is 3.69. The van der Waals surface area contributed by atoms with E-state index in [0.717, 1.165) is 5.56 Å². The van der Waals surface area contributed by atoms with Crippen LogP contribution in [0.2, 0.25) is 0 Å². The molecular formula is C17H14ClNO3S. The second-order valence-electron chi connectivity index (χ2n) is 5.31. The first-order valence-electron chi connectivity index (χ1n) is 6.99. The maximum absolute atomic E-state index is 12.8. The van der Waals surface area contributed by atoms with Crippen molar-refractivity contribution in [3.8, 4) is 0 Å². The number of hydrogen-bond donors (Lipinski definition) is 0. The minimum Gasteiger partial charge on any atom is -0.281 e. The number of halogens is 1. The van der Waals surface area contributed by atoms with Crippen LogP contribution in [-0.4, -0.2) is 17.6 Å². The normalized spacial score (nSPS) is 11.7. The Kier molecular flexibility index (Phi) is 4.00. The number of carbonyl (C=O) groups is 1. The molecule has 0 atom stereocenters. The van der Waals surface area contributed by atoms with E-state index < -0.39 is 15.3 Å². The predicted octanol–water partition coefficient (Wildman–Crippen LogP) is 3.49. The standard InChI is InChI=1S/C17H14ClNO3S/c1-12-5-7-14(8-6-12)23(21,22)19-10-9-15-13(11-17(18)20)3-2-4-16(15)19/h2-10H,11H2,1H3. The second kappa shape index (κ2) is 5.83. The monoisotopic (exact) mass is 347 g/mol. The second-order valence-corrected chi connectivity index (χ2v) is 7.55. The van der Waals surface area contributed by atoms with Crippen molar-refractivity contribution in [3.05, 3.63) is 65.9 Å². The van der Waals surface area contributed by atoms with Crippen LogP contribution in [0.1, 0.15) is 11.1 Å². The molecule has 0 fully saturated rings. The van der Waals surface area contributed by atoms with E-state index in [9.17, 15) is 13.2 Å². The first kappa shape index (κ1) is 15.8. The highest BCUT2D eigenvalue weighted by molar-refractivity contribution is 7.90. The third-order valence-corrected chi connectivity index (χ3v) is 5.53. The van der Waals surface area contributed by atoms with Gasteiger partial charge in [0.2, 0.25) is 5.24 Å². The smallest absolute Gasteiger partial charge is 0.268 e. The molecule has 0 aliphatic heterocycles. The number of hydrogen-bond acceptors (Lipinski definition) is 3. The van der Waals surface area contributed by atoms with E-state index in [1.54, 1.807) is 48.5 Å². The van der Waals surface area contributed by atoms with Crippen LogP contribution in [0.4, 0.5) is 0 Å². The molecular weight excluding hydrogens is 334 g/mol. The quantitative estimate of drug-likeness (QED) is 0.679. The predicted molar refractivity (Wildman–Crippen MR) is 90.3 cm³/mol. The van der Waals surface area contributed by atoms with E-state index in [-0.39, 0.29) is 11.3 Å². The van der Waals surface area contributed by atoms with Crippen molar-refractivity contribution in [3.63, 3.8) is 0 Å². The van der Waals surface area contributed by atoms with Gasteiger partial charge in [-0.15, -0.1) is 0 Å². The average molecular weight is 348 g/mol. The Morgan fingerprint density at radius 3 is 2.43 bits per heavy atom. The van der Waals surface area contributed by atoms with E-state index in [2.05, 4.69) is 0 Å². The molecule has 6 heteroatoms. The van der Waals surface area contributed by atoms with Gasteiger partial charge < -0.3 is 0 Å². The molecule has 0 bridgehead atoms. The third kappa shape index (κ3) is 2.90. The van der Waals surface area contributed by atoms with Gasteiger partial charge in [-0.1, -0.05) is 29.8 Å². The molecule has 4 nitrogen and oxygen atoms in total. The zero-order chi connectivity index (χ0) is 16.6. The number of rotatable bonds is 4. The van der Waals surface area contributed by atoms with Gasteiger partial charge in [-0.2, -0.15) is 0 Å². The molecule has 0 saturated carbocycles. The first-order valence-corrected chi connectivity index (χ1v) is 8.81. The Hall–Kier alpha value is -2.11. The van der Waals surface area contributed by atoms with Crippen LogP contribution in [-0.2, 0) is 21.2 Å². The van der Waals surface area contributed by atoms with Gasteiger partial charge >= 0.3 is 0 Å². The van der Waals surface area contributed by atoms with E-state index in [1.165, 1.54) is 10.2 Å². The first-order chi connectivity index (χ1) is 10.9. The molecule has 0 N–H and O–H groups in total. The van der Waals surface area contributed by atoms with E-state index in [0.29, 0.717) is 16.5 Å². The Balaban J connectivity index is 2.17. The lowest BCUT2D eigenvalue weighted by Crippen LogP contribution is -2.11. The molecule has 0 unspecified atom stereocenters. The van der Waals surface area contributed by atoms with Crippen LogP contribution in [0, 0.1) is 6.92 Å². The van der Waals surface area contributed by atoms with Gasteiger partial charge in [0.1, 0.15) is 0 Å². The van der Waals surface area contributed by atoms with Crippen molar-refractivity contribution < 1.29 is 13.2 Å². The summed E-state index contributed by atoms with van der Waals surface area (Å²) in [5.74, 6) is 0. The number of benzene rings is 2. The van der Waals surface area contributed by atoms with Crippen molar-refractivity contribution >= 4 is 37.8 Å². The Bertz CT molecular complexity index is 988. The number of aromatic nitrogens is 1. The summed E-state index contributed by atoms with van der Waals surface area (Å²) in [7, 11) is -3.69. The minimum atomic E-state index is -3.69. The molecule has 0 aliphatic rings.